The van der Waals surface area contributed by atoms with Crippen LogP contribution in [0.1, 0.15) is 47.7 Å². The van der Waals surface area contributed by atoms with E-state index in [-0.39, 0.29) is 11.0 Å². The fourth-order valence-corrected chi connectivity index (χ4v) is 2.66. The van der Waals surface area contributed by atoms with Gasteiger partial charge in [-0.3, -0.25) is 10.1 Å². The third kappa shape index (κ3) is 5.85. The standard InChI is InChI=1S/C21H26N2O2S/c1-4-5-6-14-25-18-12-10-17(11-13-18)20(24)23-21(26)22-19-9-7-8-15(2)16(19)3/h7-13H,4-6,14H2,1-3H3,(H2,22,23,24,26). The molecule has 0 bridgehead atoms. The minimum Gasteiger partial charge on any atom is -0.494 e. The van der Waals surface area contributed by atoms with Crippen LogP contribution in [0.25, 0.3) is 0 Å². The quantitative estimate of drug-likeness (QED) is 0.532. The van der Waals surface area contributed by atoms with Crippen molar-refractivity contribution in [1.29, 1.82) is 0 Å². The van der Waals surface area contributed by atoms with E-state index in [2.05, 4.69) is 17.6 Å². The van der Waals surface area contributed by atoms with E-state index in [0.29, 0.717) is 12.2 Å². The molecule has 2 rings (SSSR count). The van der Waals surface area contributed by atoms with Gasteiger partial charge in [-0.2, -0.15) is 0 Å². The molecule has 2 aromatic carbocycles. The van der Waals surface area contributed by atoms with Crippen LogP contribution in [-0.4, -0.2) is 17.6 Å². The molecule has 0 saturated heterocycles. The molecule has 0 heterocycles. The van der Waals surface area contributed by atoms with Crippen LogP contribution >= 0.6 is 12.2 Å². The number of thiocarbonyl (C=S) groups is 1. The van der Waals surface area contributed by atoms with Crippen molar-refractivity contribution >= 4 is 28.9 Å². The number of hydrogen-bond donors (Lipinski definition) is 2. The Morgan fingerprint density at radius 2 is 1.81 bits per heavy atom. The average molecular weight is 371 g/mol. The van der Waals surface area contributed by atoms with Gasteiger partial charge in [0.2, 0.25) is 0 Å². The molecule has 138 valence electrons. The van der Waals surface area contributed by atoms with Gasteiger partial charge in [0.1, 0.15) is 5.75 Å². The Bertz CT molecular complexity index is 757. The highest BCUT2D eigenvalue weighted by Crippen LogP contribution is 2.18. The molecule has 0 radical (unpaired) electrons. The summed E-state index contributed by atoms with van der Waals surface area (Å²) in [6.07, 6.45) is 3.36. The highest BCUT2D eigenvalue weighted by molar-refractivity contribution is 7.80. The second kappa shape index (κ2) is 9.92. The molecule has 0 aliphatic carbocycles. The first-order valence-corrected chi connectivity index (χ1v) is 9.33. The van der Waals surface area contributed by atoms with Gasteiger partial charge in [0.05, 0.1) is 6.61 Å². The van der Waals surface area contributed by atoms with Crippen LogP contribution in [0.4, 0.5) is 5.69 Å². The number of nitrogens with one attached hydrogen (secondary N) is 2. The van der Waals surface area contributed by atoms with Crippen LogP contribution in [0.15, 0.2) is 42.5 Å². The van der Waals surface area contributed by atoms with Crippen LogP contribution in [0, 0.1) is 13.8 Å². The number of hydrogen-bond acceptors (Lipinski definition) is 3. The van der Waals surface area contributed by atoms with Crippen molar-refractivity contribution in [2.24, 2.45) is 0 Å². The summed E-state index contributed by atoms with van der Waals surface area (Å²) >= 11 is 5.26. The summed E-state index contributed by atoms with van der Waals surface area (Å²) in [4.78, 5) is 12.3. The second-order valence-electron chi connectivity index (χ2n) is 6.24. The Balaban J connectivity index is 1.88. The SMILES string of the molecule is CCCCCOc1ccc(C(=O)NC(=S)Nc2cccc(C)c2C)cc1. The first kappa shape index (κ1) is 19.9. The van der Waals surface area contributed by atoms with E-state index in [4.69, 9.17) is 17.0 Å². The predicted octanol–water partition coefficient (Wildman–Crippen LogP) is 5.00. The Morgan fingerprint density at radius 1 is 1.08 bits per heavy atom. The third-order valence-electron chi connectivity index (χ3n) is 4.21. The van der Waals surface area contributed by atoms with E-state index < -0.39 is 0 Å². The molecule has 0 spiro atoms. The molecule has 2 N–H and O–H groups in total. The molecular formula is C21H26N2O2S. The normalized spacial score (nSPS) is 10.3. The summed E-state index contributed by atoms with van der Waals surface area (Å²) in [6, 6.07) is 13.0. The Morgan fingerprint density at radius 3 is 2.50 bits per heavy atom. The van der Waals surface area contributed by atoms with Gasteiger partial charge >= 0.3 is 0 Å². The van der Waals surface area contributed by atoms with Gasteiger partial charge in [-0.1, -0.05) is 31.9 Å². The third-order valence-corrected chi connectivity index (χ3v) is 4.42. The van der Waals surface area contributed by atoms with E-state index in [1.807, 2.05) is 44.2 Å². The summed E-state index contributed by atoms with van der Waals surface area (Å²) in [5.41, 5.74) is 3.70. The number of carbonyl (C=O) groups is 1. The van der Waals surface area contributed by atoms with Gasteiger partial charge in [0, 0.05) is 11.3 Å². The van der Waals surface area contributed by atoms with Crippen molar-refractivity contribution in [1.82, 2.24) is 5.32 Å². The van der Waals surface area contributed by atoms with Crippen molar-refractivity contribution in [2.45, 2.75) is 40.0 Å². The summed E-state index contributed by atoms with van der Waals surface area (Å²) in [6.45, 7) is 6.91. The van der Waals surface area contributed by atoms with Crippen LogP contribution in [0.5, 0.6) is 5.75 Å². The molecule has 5 heteroatoms. The Hall–Kier alpha value is -2.40. The lowest BCUT2D eigenvalue weighted by Crippen LogP contribution is -2.34. The van der Waals surface area contributed by atoms with Gasteiger partial charge in [-0.05, 0) is 73.9 Å². The number of unbranched alkanes of at least 4 members (excludes halogenated alkanes) is 2. The number of aryl methyl sites for hydroxylation is 1. The van der Waals surface area contributed by atoms with Crippen LogP contribution in [0.3, 0.4) is 0 Å². The summed E-state index contributed by atoms with van der Waals surface area (Å²) < 4.78 is 5.66. The summed E-state index contributed by atoms with van der Waals surface area (Å²) in [5, 5.41) is 6.07. The maximum absolute atomic E-state index is 12.3. The minimum absolute atomic E-state index is 0.245. The molecule has 0 unspecified atom stereocenters. The number of carbonyl (C=O) groups excluding carboxylic acids is 1. The number of rotatable bonds is 7. The topological polar surface area (TPSA) is 50.4 Å². The minimum atomic E-state index is -0.245. The maximum atomic E-state index is 12.3. The van der Waals surface area contributed by atoms with Crippen molar-refractivity contribution in [3.8, 4) is 5.75 Å². The zero-order valence-corrected chi connectivity index (χ0v) is 16.4. The van der Waals surface area contributed by atoms with Gasteiger partial charge in [0.15, 0.2) is 5.11 Å². The average Bonchev–Trinajstić information content (AvgIpc) is 2.63. The lowest BCUT2D eigenvalue weighted by atomic mass is 10.1. The Labute approximate surface area is 161 Å². The van der Waals surface area contributed by atoms with Gasteiger partial charge in [-0.25, -0.2) is 0 Å². The summed E-state index contributed by atoms with van der Waals surface area (Å²) in [7, 11) is 0. The first-order chi connectivity index (χ1) is 12.5. The van der Waals surface area contributed by atoms with Crippen LogP contribution in [-0.2, 0) is 0 Å². The van der Waals surface area contributed by atoms with Crippen LogP contribution in [0.2, 0.25) is 0 Å². The van der Waals surface area contributed by atoms with Crippen molar-refractivity contribution in [3.63, 3.8) is 0 Å². The van der Waals surface area contributed by atoms with Gasteiger partial charge in [0.25, 0.3) is 5.91 Å². The molecule has 26 heavy (non-hydrogen) atoms. The molecule has 4 nitrogen and oxygen atoms in total. The van der Waals surface area contributed by atoms with E-state index >= 15 is 0 Å². The van der Waals surface area contributed by atoms with E-state index in [1.165, 1.54) is 12.0 Å². The monoisotopic (exact) mass is 370 g/mol. The summed E-state index contributed by atoms with van der Waals surface area (Å²) in [5.74, 6) is 0.527. The van der Waals surface area contributed by atoms with Crippen molar-refractivity contribution < 1.29 is 9.53 Å². The van der Waals surface area contributed by atoms with E-state index in [0.717, 1.165) is 29.8 Å². The van der Waals surface area contributed by atoms with Gasteiger partial charge < -0.3 is 10.1 Å². The smallest absolute Gasteiger partial charge is 0.257 e. The number of amides is 1. The largest absolute Gasteiger partial charge is 0.494 e. The zero-order valence-electron chi connectivity index (χ0n) is 15.6. The number of benzene rings is 2. The zero-order chi connectivity index (χ0) is 18.9. The van der Waals surface area contributed by atoms with Crippen molar-refractivity contribution in [3.05, 3.63) is 59.2 Å². The van der Waals surface area contributed by atoms with E-state index in [1.54, 1.807) is 12.1 Å². The number of anilines is 1. The maximum Gasteiger partial charge on any atom is 0.257 e. The molecule has 0 fully saturated rings. The van der Waals surface area contributed by atoms with Crippen LogP contribution < -0.4 is 15.4 Å². The first-order valence-electron chi connectivity index (χ1n) is 8.92. The highest BCUT2D eigenvalue weighted by atomic mass is 32.1. The van der Waals surface area contributed by atoms with Gasteiger partial charge in [-0.15, -0.1) is 0 Å². The van der Waals surface area contributed by atoms with Crippen molar-refractivity contribution in [2.75, 3.05) is 11.9 Å². The molecular weight excluding hydrogens is 344 g/mol. The number of ether oxygens (including phenoxy) is 1. The highest BCUT2D eigenvalue weighted by Gasteiger charge is 2.09. The molecule has 0 aliphatic heterocycles. The molecule has 0 saturated carbocycles. The molecule has 0 atom stereocenters. The molecule has 2 aromatic rings. The second-order valence-corrected chi connectivity index (χ2v) is 6.64. The van der Waals surface area contributed by atoms with E-state index in [9.17, 15) is 4.79 Å². The molecule has 0 aliphatic rings. The lowest BCUT2D eigenvalue weighted by Gasteiger charge is -2.13. The lowest BCUT2D eigenvalue weighted by molar-refractivity contribution is 0.0977. The molecule has 0 aromatic heterocycles. The molecule has 1 amide bonds. The fraction of sp³-hybridized carbons (Fsp3) is 0.333. The predicted molar refractivity (Wildman–Crippen MR) is 111 cm³/mol. The fourth-order valence-electron chi connectivity index (χ4n) is 2.46. The Kier molecular flexibility index (Phi) is 7.60.